The molecule has 4 nitrogen and oxygen atoms in total. The Balaban J connectivity index is 1.63. The third kappa shape index (κ3) is 2.40. The highest BCUT2D eigenvalue weighted by atomic mass is 35.5. The lowest BCUT2D eigenvalue weighted by Crippen LogP contribution is -2.26. The first-order valence-electron chi connectivity index (χ1n) is 9.64. The Hall–Kier alpha value is -1.92. The summed E-state index contributed by atoms with van der Waals surface area (Å²) in [6, 6.07) is 1.79. The maximum absolute atomic E-state index is 14.9. The van der Waals surface area contributed by atoms with Gasteiger partial charge < -0.3 is 15.1 Å². The van der Waals surface area contributed by atoms with E-state index in [9.17, 15) is 8.78 Å². The van der Waals surface area contributed by atoms with E-state index in [0.717, 1.165) is 36.5 Å². The maximum Gasteiger partial charge on any atom is 0.167 e. The van der Waals surface area contributed by atoms with Gasteiger partial charge in [-0.3, -0.25) is 4.98 Å². The summed E-state index contributed by atoms with van der Waals surface area (Å²) in [6.45, 7) is 1.75. The van der Waals surface area contributed by atoms with E-state index in [1.165, 1.54) is 12.5 Å². The zero-order valence-electron chi connectivity index (χ0n) is 16.2. The van der Waals surface area contributed by atoms with Gasteiger partial charge in [0.25, 0.3) is 0 Å². The minimum Gasteiger partial charge on any atom is -0.388 e. The molecule has 0 bridgehead atoms. The van der Waals surface area contributed by atoms with E-state index in [1.807, 2.05) is 0 Å². The Labute approximate surface area is 168 Å². The number of fused-ring (bicyclic) bond motifs is 3. The number of nitrogens with one attached hydrogen (secondary N) is 1. The molecule has 5 rings (SSSR count). The second-order valence-corrected chi connectivity index (χ2v) is 8.90. The van der Waals surface area contributed by atoms with Gasteiger partial charge >= 0.3 is 0 Å². The molecule has 2 aliphatic carbocycles. The minimum absolute atomic E-state index is 0.279. The smallest absolute Gasteiger partial charge is 0.167 e. The Morgan fingerprint density at radius 1 is 1.32 bits per heavy atom. The summed E-state index contributed by atoms with van der Waals surface area (Å²) in [4.78, 5) is 9.00. The van der Waals surface area contributed by atoms with Crippen LogP contribution in [0, 0.1) is 17.0 Å². The van der Waals surface area contributed by atoms with Crippen molar-refractivity contribution in [2.75, 3.05) is 44.4 Å². The molecule has 148 valence electrons. The third-order valence-electron chi connectivity index (χ3n) is 6.75. The second kappa shape index (κ2) is 6.04. The molecule has 1 saturated heterocycles. The molecule has 0 radical (unpaired) electrons. The van der Waals surface area contributed by atoms with Gasteiger partial charge in [-0.25, -0.2) is 8.78 Å². The topological polar surface area (TPSA) is 31.4 Å². The summed E-state index contributed by atoms with van der Waals surface area (Å²) in [6.07, 6.45) is 4.38. The van der Waals surface area contributed by atoms with Crippen LogP contribution in [0.1, 0.15) is 24.1 Å². The predicted molar refractivity (Wildman–Crippen MR) is 108 cm³/mol. The molecule has 28 heavy (non-hydrogen) atoms. The van der Waals surface area contributed by atoms with Crippen LogP contribution in [0.4, 0.5) is 20.2 Å². The van der Waals surface area contributed by atoms with Crippen LogP contribution >= 0.6 is 11.6 Å². The van der Waals surface area contributed by atoms with E-state index in [0.29, 0.717) is 34.3 Å². The first-order chi connectivity index (χ1) is 13.4. The normalized spacial score (nSPS) is 24.8. The zero-order valence-corrected chi connectivity index (χ0v) is 17.0. The lowest BCUT2D eigenvalue weighted by atomic mass is 10.0. The molecule has 3 aliphatic rings. The molecule has 2 unspecified atom stereocenters. The Morgan fingerprint density at radius 2 is 2.11 bits per heavy atom. The number of aromatic nitrogens is 1. The number of halogens is 3. The van der Waals surface area contributed by atoms with Crippen molar-refractivity contribution in [2.24, 2.45) is 5.41 Å². The Morgan fingerprint density at radius 3 is 2.79 bits per heavy atom. The van der Waals surface area contributed by atoms with E-state index in [2.05, 4.69) is 34.2 Å². The molecular formula is C21H23ClF2N4. The van der Waals surface area contributed by atoms with Crippen LogP contribution in [-0.4, -0.2) is 50.2 Å². The summed E-state index contributed by atoms with van der Waals surface area (Å²) >= 11 is 6.59. The molecule has 1 saturated carbocycles. The molecule has 2 fully saturated rings. The average molecular weight is 405 g/mol. The molecule has 2 heterocycles. The van der Waals surface area contributed by atoms with Gasteiger partial charge in [0.2, 0.25) is 0 Å². The van der Waals surface area contributed by atoms with Crippen molar-refractivity contribution < 1.29 is 8.78 Å². The van der Waals surface area contributed by atoms with E-state index < -0.39 is 11.6 Å². The summed E-state index contributed by atoms with van der Waals surface area (Å²) in [7, 11) is 5.95. The molecular weight excluding hydrogens is 382 g/mol. The van der Waals surface area contributed by atoms with Gasteiger partial charge in [0.1, 0.15) is 0 Å². The summed E-state index contributed by atoms with van der Waals surface area (Å²) in [5, 5.41) is 3.49. The number of pyridine rings is 1. The van der Waals surface area contributed by atoms with E-state index in [-0.39, 0.29) is 5.41 Å². The van der Waals surface area contributed by atoms with Crippen molar-refractivity contribution in [1.82, 2.24) is 9.88 Å². The highest BCUT2D eigenvalue weighted by Crippen LogP contribution is 2.58. The second-order valence-electron chi connectivity index (χ2n) is 8.49. The third-order valence-corrected chi connectivity index (χ3v) is 7.02. The van der Waals surface area contributed by atoms with Gasteiger partial charge in [0.05, 0.1) is 16.4 Å². The van der Waals surface area contributed by atoms with Gasteiger partial charge in [-0.2, -0.15) is 0 Å². The van der Waals surface area contributed by atoms with Crippen molar-refractivity contribution in [1.29, 1.82) is 0 Å². The fraction of sp³-hybridized carbons (Fsp3) is 0.476. The molecule has 7 heteroatoms. The number of nitrogens with zero attached hydrogens (tertiary/aromatic N) is 3. The van der Waals surface area contributed by atoms with E-state index in [4.69, 9.17) is 11.6 Å². The predicted octanol–water partition coefficient (Wildman–Crippen LogP) is 4.16. The summed E-state index contributed by atoms with van der Waals surface area (Å²) in [5.74, 6) is -1.67. The molecule has 1 aromatic carbocycles. The minimum atomic E-state index is -0.852. The SMILES string of the molecule is CNc1cc(F)c(F)c2c1Cc1ncc(Cl)c(N3CCC4(CC4N(C)C)C3)c1-2. The quantitative estimate of drug-likeness (QED) is 0.710. The molecule has 0 amide bonds. The highest BCUT2D eigenvalue weighted by molar-refractivity contribution is 6.34. The molecule has 1 spiro atoms. The fourth-order valence-corrected chi connectivity index (χ4v) is 5.57. The lowest BCUT2D eigenvalue weighted by molar-refractivity contribution is 0.335. The van der Waals surface area contributed by atoms with Crippen molar-refractivity contribution in [3.05, 3.63) is 40.2 Å². The first kappa shape index (κ1) is 18.1. The monoisotopic (exact) mass is 404 g/mol. The number of hydrogen-bond donors (Lipinski definition) is 1. The van der Waals surface area contributed by atoms with Crippen LogP contribution < -0.4 is 10.2 Å². The van der Waals surface area contributed by atoms with Crippen LogP contribution in [0.2, 0.25) is 5.02 Å². The standard InChI is InChI=1S/C21H23ClF2N4/c1-25-14-7-13(23)19(24)17-11(14)6-15-18(17)20(12(22)9-26-15)28-5-4-21(10-28)8-16(21)27(2)3/h7,9,16,25H,4-6,8,10H2,1-3H3. The van der Waals surface area contributed by atoms with Crippen LogP contribution in [0.15, 0.2) is 12.3 Å². The summed E-state index contributed by atoms with van der Waals surface area (Å²) < 4.78 is 29.2. The van der Waals surface area contributed by atoms with Crippen molar-refractivity contribution in [3.63, 3.8) is 0 Å². The largest absolute Gasteiger partial charge is 0.388 e. The van der Waals surface area contributed by atoms with Gasteiger partial charge in [-0.15, -0.1) is 0 Å². The highest BCUT2D eigenvalue weighted by Gasteiger charge is 2.58. The molecule has 1 aliphatic heterocycles. The lowest BCUT2D eigenvalue weighted by Gasteiger charge is -2.24. The number of benzene rings is 1. The van der Waals surface area contributed by atoms with Crippen LogP contribution in [0.3, 0.4) is 0 Å². The average Bonchev–Trinajstić information content (AvgIpc) is 3.01. The fourth-order valence-electron chi connectivity index (χ4n) is 5.30. The van der Waals surface area contributed by atoms with Crippen LogP contribution in [0.5, 0.6) is 0 Å². The Bertz CT molecular complexity index is 993. The zero-order chi connectivity index (χ0) is 19.8. The first-order valence-corrected chi connectivity index (χ1v) is 10.0. The van der Waals surface area contributed by atoms with Crippen molar-refractivity contribution >= 4 is 23.0 Å². The molecule has 2 aromatic rings. The van der Waals surface area contributed by atoms with E-state index in [1.54, 1.807) is 13.2 Å². The molecule has 2 atom stereocenters. The van der Waals surface area contributed by atoms with Crippen molar-refractivity contribution in [3.8, 4) is 11.1 Å². The molecule has 1 N–H and O–H groups in total. The Kier molecular flexibility index (Phi) is 3.91. The number of hydrogen-bond acceptors (Lipinski definition) is 4. The van der Waals surface area contributed by atoms with E-state index >= 15 is 0 Å². The van der Waals surface area contributed by atoms with Crippen LogP contribution in [-0.2, 0) is 6.42 Å². The van der Waals surface area contributed by atoms with Gasteiger partial charge in [0, 0.05) is 67.1 Å². The van der Waals surface area contributed by atoms with Gasteiger partial charge in [-0.1, -0.05) is 11.6 Å². The maximum atomic E-state index is 14.9. The van der Waals surface area contributed by atoms with Crippen molar-refractivity contribution in [2.45, 2.75) is 25.3 Å². The number of anilines is 2. The van der Waals surface area contributed by atoms with Gasteiger partial charge in [-0.05, 0) is 32.5 Å². The van der Waals surface area contributed by atoms with Gasteiger partial charge in [0.15, 0.2) is 11.6 Å². The summed E-state index contributed by atoms with van der Waals surface area (Å²) in [5.41, 5.74) is 4.16. The molecule has 1 aromatic heterocycles. The number of rotatable bonds is 3. The van der Waals surface area contributed by atoms with Crippen LogP contribution in [0.25, 0.3) is 11.1 Å².